The van der Waals surface area contributed by atoms with Gasteiger partial charge >= 0.3 is 0 Å². The first-order chi connectivity index (χ1) is 12.1. The lowest BCUT2D eigenvalue weighted by molar-refractivity contribution is -0.126. The summed E-state index contributed by atoms with van der Waals surface area (Å²) in [7, 11) is 0. The van der Waals surface area contributed by atoms with Crippen LogP contribution in [0.3, 0.4) is 0 Å². The Kier molecular flexibility index (Phi) is 5.87. The van der Waals surface area contributed by atoms with Crippen LogP contribution in [0.5, 0.6) is 0 Å². The molecular formula is C20H24N2O2S. The fraction of sp³-hybridized carbons (Fsp3) is 0.400. The normalized spacial score (nSPS) is 18.6. The molecule has 0 radical (unpaired) electrons. The summed E-state index contributed by atoms with van der Waals surface area (Å²) in [6.45, 7) is 3.99. The average Bonchev–Trinajstić information content (AvgIpc) is 3.20. The number of carbonyl (C=O) groups is 2. The molecule has 0 bridgehead atoms. The summed E-state index contributed by atoms with van der Waals surface area (Å²) >= 11 is 1.45. The van der Waals surface area contributed by atoms with Crippen molar-refractivity contribution >= 4 is 23.2 Å². The largest absolute Gasteiger partial charge is 0.355 e. The zero-order valence-corrected chi connectivity index (χ0v) is 15.3. The Hall–Kier alpha value is -2.14. The van der Waals surface area contributed by atoms with Crippen molar-refractivity contribution in [2.24, 2.45) is 5.92 Å². The van der Waals surface area contributed by atoms with Crippen LogP contribution in [0.15, 0.2) is 47.8 Å². The lowest BCUT2D eigenvalue weighted by atomic mass is 9.96. The predicted molar refractivity (Wildman–Crippen MR) is 101 cm³/mol. The highest BCUT2D eigenvalue weighted by molar-refractivity contribution is 7.12. The highest BCUT2D eigenvalue weighted by Crippen LogP contribution is 2.21. The van der Waals surface area contributed by atoms with Crippen LogP contribution >= 0.6 is 11.3 Å². The van der Waals surface area contributed by atoms with Crippen molar-refractivity contribution in [3.05, 3.63) is 58.3 Å². The maximum absolute atomic E-state index is 12.5. The van der Waals surface area contributed by atoms with Gasteiger partial charge in [0, 0.05) is 19.6 Å². The Morgan fingerprint density at radius 1 is 1.24 bits per heavy atom. The number of nitrogens with zero attached hydrogens (tertiary/aromatic N) is 1. The molecule has 3 rings (SSSR count). The second kappa shape index (κ2) is 8.30. The summed E-state index contributed by atoms with van der Waals surface area (Å²) < 4.78 is 0. The van der Waals surface area contributed by atoms with Crippen molar-refractivity contribution in [3.63, 3.8) is 0 Å². The van der Waals surface area contributed by atoms with Gasteiger partial charge in [-0.25, -0.2) is 0 Å². The smallest absolute Gasteiger partial charge is 0.263 e. The minimum Gasteiger partial charge on any atom is -0.355 e. The molecule has 5 heteroatoms. The zero-order valence-electron chi connectivity index (χ0n) is 14.5. The van der Waals surface area contributed by atoms with Gasteiger partial charge in [-0.15, -0.1) is 11.3 Å². The fourth-order valence-electron chi connectivity index (χ4n) is 3.23. The monoisotopic (exact) mass is 356 g/mol. The molecule has 2 unspecified atom stereocenters. The van der Waals surface area contributed by atoms with Crippen molar-refractivity contribution in [2.45, 2.75) is 25.7 Å². The molecule has 25 heavy (non-hydrogen) atoms. The minimum absolute atomic E-state index is 0.0464. The van der Waals surface area contributed by atoms with E-state index >= 15 is 0 Å². The van der Waals surface area contributed by atoms with Gasteiger partial charge in [-0.2, -0.15) is 0 Å². The van der Waals surface area contributed by atoms with E-state index < -0.39 is 0 Å². The standard InChI is InChI=1S/C20H24N2O2S/c1-15(16-7-3-2-4-8-16)13-21-19(23)17-9-5-11-22(14-17)20(24)18-10-6-12-25-18/h2-4,6-8,10,12,15,17H,5,9,11,13-14H2,1H3,(H,21,23). The van der Waals surface area contributed by atoms with Gasteiger partial charge in [0.15, 0.2) is 0 Å². The van der Waals surface area contributed by atoms with Gasteiger partial charge in [-0.05, 0) is 35.8 Å². The van der Waals surface area contributed by atoms with E-state index in [0.29, 0.717) is 13.1 Å². The van der Waals surface area contributed by atoms with E-state index in [4.69, 9.17) is 0 Å². The number of rotatable bonds is 5. The molecule has 2 heterocycles. The first-order valence-electron chi connectivity index (χ1n) is 8.80. The molecule has 1 N–H and O–H groups in total. The Morgan fingerprint density at radius 2 is 2.04 bits per heavy atom. The number of thiophene rings is 1. The summed E-state index contributed by atoms with van der Waals surface area (Å²) in [5.74, 6) is 0.273. The van der Waals surface area contributed by atoms with E-state index in [1.54, 1.807) is 0 Å². The average molecular weight is 356 g/mol. The Balaban J connectivity index is 1.52. The van der Waals surface area contributed by atoms with Crippen molar-refractivity contribution in [1.29, 1.82) is 0 Å². The molecule has 0 aliphatic carbocycles. The molecule has 2 atom stereocenters. The van der Waals surface area contributed by atoms with Gasteiger partial charge in [0.2, 0.25) is 5.91 Å². The summed E-state index contributed by atoms with van der Waals surface area (Å²) in [5, 5.41) is 4.98. The third kappa shape index (κ3) is 4.48. The molecule has 1 fully saturated rings. The van der Waals surface area contributed by atoms with Crippen LogP contribution in [0.4, 0.5) is 0 Å². The zero-order chi connectivity index (χ0) is 17.6. The second-order valence-electron chi connectivity index (χ2n) is 6.62. The third-order valence-corrected chi connectivity index (χ3v) is 5.62. The number of hydrogen-bond acceptors (Lipinski definition) is 3. The fourth-order valence-corrected chi connectivity index (χ4v) is 3.92. The van der Waals surface area contributed by atoms with Crippen LogP contribution in [0.25, 0.3) is 0 Å². The maximum Gasteiger partial charge on any atom is 0.263 e. The highest BCUT2D eigenvalue weighted by atomic mass is 32.1. The van der Waals surface area contributed by atoms with E-state index in [2.05, 4.69) is 24.4 Å². The van der Waals surface area contributed by atoms with E-state index in [1.165, 1.54) is 16.9 Å². The van der Waals surface area contributed by atoms with Crippen LogP contribution in [-0.2, 0) is 4.79 Å². The maximum atomic E-state index is 12.5. The first-order valence-corrected chi connectivity index (χ1v) is 9.68. The minimum atomic E-state index is -0.111. The lowest BCUT2D eigenvalue weighted by Gasteiger charge is -2.32. The van der Waals surface area contributed by atoms with Crippen LogP contribution in [-0.4, -0.2) is 36.3 Å². The van der Waals surface area contributed by atoms with E-state index in [0.717, 1.165) is 24.3 Å². The van der Waals surface area contributed by atoms with E-state index in [-0.39, 0.29) is 23.7 Å². The molecule has 4 nitrogen and oxygen atoms in total. The number of carbonyl (C=O) groups excluding carboxylic acids is 2. The van der Waals surface area contributed by atoms with Crippen molar-refractivity contribution < 1.29 is 9.59 Å². The molecule has 132 valence electrons. The predicted octanol–water partition coefficient (Wildman–Crippen LogP) is 3.52. The van der Waals surface area contributed by atoms with Gasteiger partial charge in [-0.3, -0.25) is 9.59 Å². The molecule has 2 aromatic rings. The quantitative estimate of drug-likeness (QED) is 0.891. The first kappa shape index (κ1) is 17.7. The molecule has 1 aromatic heterocycles. The number of amides is 2. The number of piperidine rings is 1. The van der Waals surface area contributed by atoms with Gasteiger partial charge in [0.05, 0.1) is 10.8 Å². The van der Waals surface area contributed by atoms with Crippen LogP contribution < -0.4 is 5.32 Å². The second-order valence-corrected chi connectivity index (χ2v) is 7.57. The van der Waals surface area contributed by atoms with Crippen molar-refractivity contribution in [1.82, 2.24) is 10.2 Å². The lowest BCUT2D eigenvalue weighted by Crippen LogP contribution is -2.45. The van der Waals surface area contributed by atoms with Crippen LogP contribution in [0.1, 0.15) is 40.9 Å². The molecule has 0 saturated carbocycles. The molecule has 1 aliphatic heterocycles. The van der Waals surface area contributed by atoms with Gasteiger partial charge in [-0.1, -0.05) is 43.3 Å². The van der Waals surface area contributed by atoms with Gasteiger partial charge < -0.3 is 10.2 Å². The summed E-state index contributed by atoms with van der Waals surface area (Å²) in [6, 6.07) is 13.9. The Morgan fingerprint density at radius 3 is 2.76 bits per heavy atom. The van der Waals surface area contributed by atoms with E-state index in [1.807, 2.05) is 40.6 Å². The molecule has 1 aliphatic rings. The molecule has 1 aromatic carbocycles. The Labute approximate surface area is 152 Å². The topological polar surface area (TPSA) is 49.4 Å². The van der Waals surface area contributed by atoms with Gasteiger partial charge in [0.25, 0.3) is 5.91 Å². The summed E-state index contributed by atoms with van der Waals surface area (Å²) in [4.78, 5) is 27.6. The third-order valence-electron chi connectivity index (χ3n) is 4.76. The molecular weight excluding hydrogens is 332 g/mol. The van der Waals surface area contributed by atoms with Gasteiger partial charge in [0.1, 0.15) is 0 Å². The summed E-state index contributed by atoms with van der Waals surface area (Å²) in [5.41, 5.74) is 1.22. The Bertz CT molecular complexity index is 700. The van der Waals surface area contributed by atoms with E-state index in [9.17, 15) is 9.59 Å². The summed E-state index contributed by atoms with van der Waals surface area (Å²) in [6.07, 6.45) is 1.73. The highest BCUT2D eigenvalue weighted by Gasteiger charge is 2.29. The number of likely N-dealkylation sites (tertiary alicyclic amines) is 1. The van der Waals surface area contributed by atoms with Crippen molar-refractivity contribution in [3.8, 4) is 0 Å². The number of benzene rings is 1. The van der Waals surface area contributed by atoms with Crippen LogP contribution in [0, 0.1) is 5.92 Å². The molecule has 0 spiro atoms. The number of nitrogens with one attached hydrogen (secondary N) is 1. The SMILES string of the molecule is CC(CNC(=O)C1CCCN(C(=O)c2cccs2)C1)c1ccccc1. The van der Waals surface area contributed by atoms with Crippen molar-refractivity contribution in [2.75, 3.05) is 19.6 Å². The number of hydrogen-bond donors (Lipinski definition) is 1. The molecule has 2 amide bonds. The molecule has 1 saturated heterocycles. The van der Waals surface area contributed by atoms with Crippen LogP contribution in [0.2, 0.25) is 0 Å².